The molecule has 0 aliphatic rings. The first kappa shape index (κ1) is 14.5. The normalized spacial score (nSPS) is 13.8. The maximum Gasteiger partial charge on any atom is 0.307 e. The minimum absolute atomic E-state index is 0.208. The molecule has 0 bridgehead atoms. The Labute approximate surface area is 108 Å². The van der Waals surface area contributed by atoms with Crippen molar-refractivity contribution in [2.45, 2.75) is 25.3 Å². The van der Waals surface area contributed by atoms with Gasteiger partial charge in [0, 0.05) is 5.54 Å². The summed E-state index contributed by atoms with van der Waals surface area (Å²) in [5.41, 5.74) is 0.846. The van der Waals surface area contributed by atoms with E-state index in [2.05, 4.69) is 5.32 Å². The Morgan fingerprint density at radius 2 is 1.89 bits per heavy atom. The highest BCUT2D eigenvalue weighted by Crippen LogP contribution is 2.19. The minimum Gasteiger partial charge on any atom is -0.497 e. The molecule has 1 unspecified atom stereocenters. The fourth-order valence-electron chi connectivity index (χ4n) is 1.82. The predicted octanol–water partition coefficient (Wildman–Crippen LogP) is 1.78. The number of methoxy groups -OCH3 is 2. The Morgan fingerprint density at radius 3 is 2.33 bits per heavy atom. The number of carbonyl (C=O) groups is 1. The average Bonchev–Trinajstić information content (AvgIpc) is 2.39. The van der Waals surface area contributed by atoms with Crippen LogP contribution in [0.1, 0.15) is 18.9 Å². The van der Waals surface area contributed by atoms with Crippen molar-refractivity contribution in [3.8, 4) is 5.75 Å². The molecule has 4 nitrogen and oxygen atoms in total. The highest BCUT2D eigenvalue weighted by atomic mass is 16.5. The molecule has 0 saturated carbocycles. The summed E-state index contributed by atoms with van der Waals surface area (Å²) in [6, 6.07) is 7.85. The molecule has 0 spiro atoms. The van der Waals surface area contributed by atoms with Gasteiger partial charge in [-0.1, -0.05) is 12.1 Å². The number of rotatable bonds is 6. The predicted molar refractivity (Wildman–Crippen MR) is 70.8 cm³/mol. The molecule has 1 rings (SSSR count). The smallest absolute Gasteiger partial charge is 0.307 e. The summed E-state index contributed by atoms with van der Waals surface area (Å²) < 4.78 is 9.84. The maximum absolute atomic E-state index is 11.4. The Hall–Kier alpha value is -1.55. The van der Waals surface area contributed by atoms with Gasteiger partial charge in [-0.3, -0.25) is 4.79 Å². The highest BCUT2D eigenvalue weighted by molar-refractivity contribution is 5.70. The summed E-state index contributed by atoms with van der Waals surface area (Å²) in [6.45, 7) is 2.01. The van der Waals surface area contributed by atoms with Crippen LogP contribution in [-0.4, -0.2) is 32.8 Å². The number of esters is 1. The second kappa shape index (κ2) is 6.40. The molecule has 1 aromatic carbocycles. The second-order valence-electron chi connectivity index (χ2n) is 4.59. The van der Waals surface area contributed by atoms with Gasteiger partial charge in [-0.05, 0) is 38.1 Å². The quantitative estimate of drug-likeness (QED) is 0.783. The van der Waals surface area contributed by atoms with Gasteiger partial charge in [-0.25, -0.2) is 0 Å². The molecule has 18 heavy (non-hydrogen) atoms. The van der Waals surface area contributed by atoms with Crippen LogP contribution in [-0.2, 0) is 16.0 Å². The molecule has 0 aromatic heterocycles. The lowest BCUT2D eigenvalue weighted by Crippen LogP contribution is -2.44. The number of ether oxygens (including phenoxy) is 2. The fourth-order valence-corrected chi connectivity index (χ4v) is 1.82. The van der Waals surface area contributed by atoms with E-state index < -0.39 is 0 Å². The van der Waals surface area contributed by atoms with Crippen molar-refractivity contribution >= 4 is 5.97 Å². The monoisotopic (exact) mass is 251 g/mol. The zero-order valence-corrected chi connectivity index (χ0v) is 11.4. The average molecular weight is 251 g/mol. The SMILES string of the molecule is CNC(C)(CC(=O)OC)Cc1ccc(OC)cc1. The van der Waals surface area contributed by atoms with E-state index in [4.69, 9.17) is 9.47 Å². The maximum atomic E-state index is 11.4. The van der Waals surface area contributed by atoms with Gasteiger partial charge in [0.2, 0.25) is 0 Å². The van der Waals surface area contributed by atoms with Gasteiger partial charge in [-0.15, -0.1) is 0 Å². The van der Waals surface area contributed by atoms with Gasteiger partial charge < -0.3 is 14.8 Å². The third kappa shape index (κ3) is 4.04. The van der Waals surface area contributed by atoms with Crippen molar-refractivity contribution in [2.75, 3.05) is 21.3 Å². The lowest BCUT2D eigenvalue weighted by Gasteiger charge is -2.28. The van der Waals surface area contributed by atoms with Crippen LogP contribution in [0.25, 0.3) is 0 Å². The number of nitrogens with one attached hydrogen (secondary N) is 1. The summed E-state index contributed by atoms with van der Waals surface area (Å²) >= 11 is 0. The van der Waals surface area contributed by atoms with E-state index >= 15 is 0 Å². The molecule has 1 N–H and O–H groups in total. The zero-order valence-electron chi connectivity index (χ0n) is 11.4. The van der Waals surface area contributed by atoms with Crippen LogP contribution in [0.4, 0.5) is 0 Å². The molecule has 0 aliphatic heterocycles. The topological polar surface area (TPSA) is 47.6 Å². The van der Waals surface area contributed by atoms with Crippen LogP contribution in [0.3, 0.4) is 0 Å². The second-order valence-corrected chi connectivity index (χ2v) is 4.59. The van der Waals surface area contributed by atoms with E-state index in [0.29, 0.717) is 6.42 Å². The molecule has 0 heterocycles. The van der Waals surface area contributed by atoms with Crippen LogP contribution in [0, 0.1) is 0 Å². The van der Waals surface area contributed by atoms with Gasteiger partial charge >= 0.3 is 5.97 Å². The van der Waals surface area contributed by atoms with Crippen LogP contribution >= 0.6 is 0 Å². The van der Waals surface area contributed by atoms with Gasteiger partial charge in [0.15, 0.2) is 0 Å². The lowest BCUT2D eigenvalue weighted by atomic mass is 9.89. The number of benzene rings is 1. The van der Waals surface area contributed by atoms with E-state index in [1.165, 1.54) is 7.11 Å². The molecule has 0 radical (unpaired) electrons. The summed E-state index contributed by atoms with van der Waals surface area (Å²) in [6.07, 6.45) is 1.09. The van der Waals surface area contributed by atoms with Gasteiger partial charge in [0.05, 0.1) is 20.6 Å². The molecule has 0 fully saturated rings. The van der Waals surface area contributed by atoms with Gasteiger partial charge in [0.25, 0.3) is 0 Å². The minimum atomic E-state index is -0.304. The third-order valence-electron chi connectivity index (χ3n) is 3.12. The van der Waals surface area contributed by atoms with E-state index in [9.17, 15) is 4.79 Å². The number of hydrogen-bond donors (Lipinski definition) is 1. The number of likely N-dealkylation sites (N-methyl/N-ethyl adjacent to an activating group) is 1. The van der Waals surface area contributed by atoms with Crippen LogP contribution in [0.2, 0.25) is 0 Å². The molecular formula is C14H21NO3. The third-order valence-corrected chi connectivity index (χ3v) is 3.12. The van der Waals surface area contributed by atoms with E-state index in [0.717, 1.165) is 17.7 Å². The van der Waals surface area contributed by atoms with Crippen LogP contribution in [0.5, 0.6) is 5.75 Å². The summed E-state index contributed by atoms with van der Waals surface area (Å²) in [5.74, 6) is 0.623. The summed E-state index contributed by atoms with van der Waals surface area (Å²) in [4.78, 5) is 11.4. The van der Waals surface area contributed by atoms with E-state index in [1.54, 1.807) is 7.11 Å². The Balaban J connectivity index is 2.74. The number of hydrogen-bond acceptors (Lipinski definition) is 4. The standard InChI is InChI=1S/C14H21NO3/c1-14(15-2,10-13(16)18-4)9-11-5-7-12(17-3)8-6-11/h5-8,15H,9-10H2,1-4H3. The molecular weight excluding hydrogens is 230 g/mol. The van der Waals surface area contributed by atoms with Crippen molar-refractivity contribution < 1.29 is 14.3 Å². The van der Waals surface area contributed by atoms with Crippen molar-refractivity contribution in [2.24, 2.45) is 0 Å². The van der Waals surface area contributed by atoms with Gasteiger partial charge in [-0.2, -0.15) is 0 Å². The zero-order chi connectivity index (χ0) is 13.6. The molecule has 0 saturated heterocycles. The molecule has 100 valence electrons. The largest absolute Gasteiger partial charge is 0.497 e. The Morgan fingerprint density at radius 1 is 1.28 bits per heavy atom. The Bertz CT molecular complexity index is 389. The molecule has 0 aliphatic carbocycles. The first-order chi connectivity index (χ1) is 8.53. The number of carbonyl (C=O) groups excluding carboxylic acids is 1. The summed E-state index contributed by atoms with van der Waals surface area (Å²) in [7, 11) is 4.90. The molecule has 4 heteroatoms. The van der Waals surface area contributed by atoms with Crippen molar-refractivity contribution in [1.82, 2.24) is 5.32 Å². The van der Waals surface area contributed by atoms with Crippen molar-refractivity contribution in [3.63, 3.8) is 0 Å². The van der Waals surface area contributed by atoms with Crippen molar-refractivity contribution in [3.05, 3.63) is 29.8 Å². The van der Waals surface area contributed by atoms with E-state index in [1.807, 2.05) is 38.2 Å². The first-order valence-corrected chi connectivity index (χ1v) is 5.91. The van der Waals surface area contributed by atoms with Crippen LogP contribution in [0.15, 0.2) is 24.3 Å². The van der Waals surface area contributed by atoms with E-state index in [-0.39, 0.29) is 11.5 Å². The lowest BCUT2D eigenvalue weighted by molar-refractivity contribution is -0.142. The summed E-state index contributed by atoms with van der Waals surface area (Å²) in [5, 5.41) is 3.19. The molecule has 1 atom stereocenters. The molecule has 0 amide bonds. The molecule has 1 aromatic rings. The fraction of sp³-hybridized carbons (Fsp3) is 0.500. The highest BCUT2D eigenvalue weighted by Gasteiger charge is 2.26. The Kier molecular flexibility index (Phi) is 5.16. The van der Waals surface area contributed by atoms with Crippen LogP contribution < -0.4 is 10.1 Å². The van der Waals surface area contributed by atoms with Gasteiger partial charge in [0.1, 0.15) is 5.75 Å². The van der Waals surface area contributed by atoms with Crippen molar-refractivity contribution in [1.29, 1.82) is 0 Å². The first-order valence-electron chi connectivity index (χ1n) is 5.91.